The summed E-state index contributed by atoms with van der Waals surface area (Å²) in [6, 6.07) is 12.2. The van der Waals surface area contributed by atoms with Gasteiger partial charge in [0.15, 0.2) is 0 Å². The van der Waals surface area contributed by atoms with Gasteiger partial charge in [-0.2, -0.15) is 0 Å². The first-order chi connectivity index (χ1) is 10.2. The number of nitrogens with zero attached hydrogens (tertiary/aromatic N) is 2. The van der Waals surface area contributed by atoms with E-state index in [1.54, 1.807) is 7.11 Å². The van der Waals surface area contributed by atoms with Gasteiger partial charge in [0, 0.05) is 38.1 Å². The lowest BCUT2D eigenvalue weighted by Crippen LogP contribution is -2.16. The molecule has 0 aliphatic rings. The Kier molecular flexibility index (Phi) is 5.43. The Hall–Kier alpha value is -2.23. The van der Waals surface area contributed by atoms with E-state index in [2.05, 4.69) is 41.3 Å². The number of anilines is 2. The molecule has 0 spiro atoms. The van der Waals surface area contributed by atoms with Crippen LogP contribution in [0.25, 0.3) is 0 Å². The van der Waals surface area contributed by atoms with Crippen LogP contribution >= 0.6 is 0 Å². The summed E-state index contributed by atoms with van der Waals surface area (Å²) in [4.78, 5) is 6.53. The molecular weight excluding hydrogens is 262 g/mol. The van der Waals surface area contributed by atoms with Gasteiger partial charge in [-0.25, -0.2) is 4.98 Å². The molecule has 0 bridgehead atoms. The SMILES string of the molecule is CCCNc1cc(CN(C)c2cccc(OC)c2)ccn1. The molecule has 1 heterocycles. The highest BCUT2D eigenvalue weighted by molar-refractivity contribution is 5.51. The van der Waals surface area contributed by atoms with Crippen LogP contribution in [0, 0.1) is 0 Å². The van der Waals surface area contributed by atoms with E-state index in [0.717, 1.165) is 36.8 Å². The van der Waals surface area contributed by atoms with Crippen molar-refractivity contribution in [1.82, 2.24) is 4.98 Å². The van der Waals surface area contributed by atoms with Gasteiger partial charge in [0.1, 0.15) is 11.6 Å². The van der Waals surface area contributed by atoms with Gasteiger partial charge in [-0.3, -0.25) is 0 Å². The topological polar surface area (TPSA) is 37.4 Å². The minimum absolute atomic E-state index is 0.830. The summed E-state index contributed by atoms with van der Waals surface area (Å²) < 4.78 is 5.27. The van der Waals surface area contributed by atoms with Crippen molar-refractivity contribution in [3.05, 3.63) is 48.2 Å². The van der Waals surface area contributed by atoms with Gasteiger partial charge in [-0.15, -0.1) is 0 Å². The lowest BCUT2D eigenvalue weighted by molar-refractivity contribution is 0.415. The Labute approximate surface area is 126 Å². The van der Waals surface area contributed by atoms with Crippen molar-refractivity contribution in [3.63, 3.8) is 0 Å². The van der Waals surface area contributed by atoms with Gasteiger partial charge in [0.25, 0.3) is 0 Å². The molecule has 4 nitrogen and oxygen atoms in total. The second kappa shape index (κ2) is 7.53. The van der Waals surface area contributed by atoms with Crippen molar-refractivity contribution in [2.75, 3.05) is 30.9 Å². The average molecular weight is 285 g/mol. The van der Waals surface area contributed by atoms with Gasteiger partial charge in [-0.1, -0.05) is 13.0 Å². The van der Waals surface area contributed by atoms with Crippen LogP contribution in [0.3, 0.4) is 0 Å². The summed E-state index contributed by atoms with van der Waals surface area (Å²) in [7, 11) is 3.77. The molecular formula is C17H23N3O. The molecule has 2 rings (SSSR count). The molecule has 0 aliphatic carbocycles. The van der Waals surface area contributed by atoms with Crippen LogP contribution in [-0.4, -0.2) is 25.7 Å². The fourth-order valence-electron chi connectivity index (χ4n) is 2.14. The number of hydrogen-bond donors (Lipinski definition) is 1. The normalized spacial score (nSPS) is 10.2. The molecule has 1 N–H and O–H groups in total. The minimum atomic E-state index is 0.830. The number of aromatic nitrogens is 1. The maximum atomic E-state index is 5.27. The third kappa shape index (κ3) is 4.38. The zero-order chi connectivity index (χ0) is 15.1. The van der Waals surface area contributed by atoms with Crippen LogP contribution in [0.1, 0.15) is 18.9 Å². The molecule has 1 aromatic heterocycles. The average Bonchev–Trinajstić information content (AvgIpc) is 2.53. The molecule has 2 aromatic rings. The quantitative estimate of drug-likeness (QED) is 0.844. The lowest BCUT2D eigenvalue weighted by Gasteiger charge is -2.20. The van der Waals surface area contributed by atoms with E-state index in [-0.39, 0.29) is 0 Å². The van der Waals surface area contributed by atoms with Crippen molar-refractivity contribution in [3.8, 4) is 5.75 Å². The predicted molar refractivity (Wildman–Crippen MR) is 88.1 cm³/mol. The standard InChI is InChI=1S/C17H23N3O/c1-4-9-18-17-11-14(8-10-19-17)13-20(2)15-6-5-7-16(12-15)21-3/h5-8,10-12H,4,9,13H2,1-3H3,(H,18,19). The van der Waals surface area contributed by atoms with E-state index < -0.39 is 0 Å². The Morgan fingerprint density at radius 3 is 2.86 bits per heavy atom. The first-order valence-electron chi connectivity index (χ1n) is 7.27. The summed E-state index contributed by atoms with van der Waals surface area (Å²) in [5.74, 6) is 1.81. The molecule has 0 unspecified atom stereocenters. The second-order valence-corrected chi connectivity index (χ2v) is 5.03. The number of nitrogens with one attached hydrogen (secondary N) is 1. The molecule has 0 saturated heterocycles. The highest BCUT2D eigenvalue weighted by Gasteiger charge is 2.04. The Morgan fingerprint density at radius 1 is 1.24 bits per heavy atom. The summed E-state index contributed by atoms with van der Waals surface area (Å²) in [6.07, 6.45) is 2.95. The number of hydrogen-bond acceptors (Lipinski definition) is 4. The highest BCUT2D eigenvalue weighted by atomic mass is 16.5. The Morgan fingerprint density at radius 2 is 2.10 bits per heavy atom. The van der Waals surface area contributed by atoms with E-state index in [1.165, 1.54) is 5.56 Å². The molecule has 1 aromatic carbocycles. The predicted octanol–water partition coefficient (Wildman–Crippen LogP) is 3.55. The van der Waals surface area contributed by atoms with E-state index in [1.807, 2.05) is 30.5 Å². The zero-order valence-corrected chi connectivity index (χ0v) is 13.0. The highest BCUT2D eigenvalue weighted by Crippen LogP contribution is 2.21. The molecule has 0 aliphatic heterocycles. The monoisotopic (exact) mass is 285 g/mol. The third-order valence-electron chi connectivity index (χ3n) is 3.29. The van der Waals surface area contributed by atoms with Gasteiger partial charge < -0.3 is 15.0 Å². The van der Waals surface area contributed by atoms with Gasteiger partial charge in [-0.05, 0) is 36.2 Å². The van der Waals surface area contributed by atoms with Crippen LogP contribution < -0.4 is 15.0 Å². The summed E-state index contributed by atoms with van der Waals surface area (Å²) in [6.45, 7) is 3.92. The van der Waals surface area contributed by atoms with E-state index in [4.69, 9.17) is 4.74 Å². The largest absolute Gasteiger partial charge is 0.497 e. The second-order valence-electron chi connectivity index (χ2n) is 5.03. The van der Waals surface area contributed by atoms with Crippen LogP contribution in [0.15, 0.2) is 42.6 Å². The van der Waals surface area contributed by atoms with Crippen molar-refractivity contribution in [2.24, 2.45) is 0 Å². The molecule has 0 fully saturated rings. The summed E-state index contributed by atoms with van der Waals surface area (Å²) in [5, 5.41) is 3.32. The van der Waals surface area contributed by atoms with Gasteiger partial charge >= 0.3 is 0 Å². The number of pyridine rings is 1. The number of methoxy groups -OCH3 is 1. The molecule has 0 amide bonds. The first-order valence-corrected chi connectivity index (χ1v) is 7.27. The van der Waals surface area contributed by atoms with Crippen molar-refractivity contribution < 1.29 is 4.74 Å². The fraction of sp³-hybridized carbons (Fsp3) is 0.353. The Balaban J connectivity index is 2.06. The molecule has 0 radical (unpaired) electrons. The summed E-state index contributed by atoms with van der Waals surface area (Å²) >= 11 is 0. The van der Waals surface area contributed by atoms with Crippen LogP contribution in [0.5, 0.6) is 5.75 Å². The Bertz CT molecular complexity index is 571. The first kappa shape index (κ1) is 15.2. The summed E-state index contributed by atoms with van der Waals surface area (Å²) in [5.41, 5.74) is 2.36. The van der Waals surface area contributed by atoms with Gasteiger partial charge in [0.05, 0.1) is 7.11 Å². The van der Waals surface area contributed by atoms with E-state index >= 15 is 0 Å². The molecule has 0 atom stereocenters. The van der Waals surface area contributed by atoms with E-state index in [9.17, 15) is 0 Å². The lowest BCUT2D eigenvalue weighted by atomic mass is 10.2. The molecule has 0 saturated carbocycles. The maximum absolute atomic E-state index is 5.27. The van der Waals surface area contributed by atoms with Crippen LogP contribution in [-0.2, 0) is 6.54 Å². The fourth-order valence-corrected chi connectivity index (χ4v) is 2.14. The van der Waals surface area contributed by atoms with Crippen LogP contribution in [0.4, 0.5) is 11.5 Å². The minimum Gasteiger partial charge on any atom is -0.497 e. The van der Waals surface area contributed by atoms with Crippen molar-refractivity contribution in [1.29, 1.82) is 0 Å². The number of ether oxygens (including phenoxy) is 1. The van der Waals surface area contributed by atoms with Gasteiger partial charge in [0.2, 0.25) is 0 Å². The maximum Gasteiger partial charge on any atom is 0.126 e. The van der Waals surface area contributed by atoms with Crippen molar-refractivity contribution >= 4 is 11.5 Å². The molecule has 112 valence electrons. The smallest absolute Gasteiger partial charge is 0.126 e. The number of rotatable bonds is 7. The van der Waals surface area contributed by atoms with E-state index in [0.29, 0.717) is 0 Å². The zero-order valence-electron chi connectivity index (χ0n) is 13.0. The third-order valence-corrected chi connectivity index (χ3v) is 3.29. The number of benzene rings is 1. The van der Waals surface area contributed by atoms with Crippen molar-refractivity contribution in [2.45, 2.75) is 19.9 Å². The molecule has 4 heteroatoms. The van der Waals surface area contributed by atoms with Crippen LogP contribution in [0.2, 0.25) is 0 Å². The molecule has 21 heavy (non-hydrogen) atoms.